The molecule has 5 nitrogen and oxygen atoms in total. The summed E-state index contributed by atoms with van der Waals surface area (Å²) in [6.07, 6.45) is -0.265. The molecular formula is C12H13O5-. The first-order valence-corrected chi connectivity index (χ1v) is 5.18. The lowest BCUT2D eigenvalue weighted by atomic mass is 10.1. The molecule has 1 aromatic carbocycles. The van der Waals surface area contributed by atoms with Gasteiger partial charge in [0, 0.05) is 12.0 Å². The molecule has 0 aliphatic carbocycles. The van der Waals surface area contributed by atoms with E-state index >= 15 is 0 Å². The number of ether oxygens (including phenoxy) is 1. The van der Waals surface area contributed by atoms with Crippen LogP contribution in [0, 0.1) is 0 Å². The second kappa shape index (κ2) is 6.00. The second-order valence-corrected chi connectivity index (χ2v) is 3.61. The number of aliphatic hydroxyl groups is 1. The smallest absolute Gasteiger partial charge is 0.338 e. The van der Waals surface area contributed by atoms with E-state index in [1.165, 1.54) is 24.3 Å². The van der Waals surface area contributed by atoms with Gasteiger partial charge in [-0.3, -0.25) is 0 Å². The van der Waals surface area contributed by atoms with E-state index in [1.807, 2.05) is 0 Å². The average Bonchev–Trinajstić information content (AvgIpc) is 2.28. The molecule has 0 amide bonds. The van der Waals surface area contributed by atoms with Crippen molar-refractivity contribution in [1.29, 1.82) is 0 Å². The number of esters is 1. The molecule has 1 unspecified atom stereocenters. The molecule has 0 fully saturated rings. The minimum absolute atomic E-state index is 0.0396. The summed E-state index contributed by atoms with van der Waals surface area (Å²) in [5.41, 5.74) is -0.243. The Bertz CT molecular complexity index is 411. The lowest BCUT2D eigenvalue weighted by molar-refractivity contribution is -0.255. The third-order valence-corrected chi connectivity index (χ3v) is 2.14. The van der Waals surface area contributed by atoms with Crippen molar-refractivity contribution in [3.05, 3.63) is 35.4 Å². The van der Waals surface area contributed by atoms with E-state index in [0.717, 1.165) is 0 Å². The summed E-state index contributed by atoms with van der Waals surface area (Å²) >= 11 is 0. The summed E-state index contributed by atoms with van der Waals surface area (Å²) in [5.74, 6) is -2.15. The average molecular weight is 237 g/mol. The maximum absolute atomic E-state index is 11.6. The maximum atomic E-state index is 11.6. The minimum atomic E-state index is -1.42. The fraction of sp³-hybridized carbons (Fsp3) is 0.333. The van der Waals surface area contributed by atoms with Gasteiger partial charge in [-0.15, -0.1) is 0 Å². The fourth-order valence-electron chi connectivity index (χ4n) is 1.24. The molecule has 0 aliphatic rings. The molecule has 0 aromatic heterocycles. The van der Waals surface area contributed by atoms with Crippen molar-refractivity contribution in [2.45, 2.75) is 19.4 Å². The van der Waals surface area contributed by atoms with Gasteiger partial charge >= 0.3 is 5.97 Å². The van der Waals surface area contributed by atoms with Gasteiger partial charge < -0.3 is 19.7 Å². The number of hydrogen-bond acceptors (Lipinski definition) is 5. The van der Waals surface area contributed by atoms with Crippen molar-refractivity contribution in [1.82, 2.24) is 0 Å². The molecule has 0 heterocycles. The molecule has 1 N–H and O–H groups in total. The van der Waals surface area contributed by atoms with E-state index in [1.54, 1.807) is 6.92 Å². The first-order chi connectivity index (χ1) is 8.02. The Morgan fingerprint density at radius 3 is 2.47 bits per heavy atom. The van der Waals surface area contributed by atoms with Gasteiger partial charge in [0.05, 0.1) is 24.2 Å². The predicted octanol–water partition coefficient (Wildman–Crippen LogP) is -0.0222. The first kappa shape index (κ1) is 13.2. The molecule has 0 bridgehead atoms. The summed E-state index contributed by atoms with van der Waals surface area (Å²) in [7, 11) is 0. The van der Waals surface area contributed by atoms with Crippen LogP contribution in [0.25, 0.3) is 0 Å². The molecule has 1 rings (SSSR count). The second-order valence-electron chi connectivity index (χ2n) is 3.61. The highest BCUT2D eigenvalue weighted by Gasteiger charge is 2.12. The van der Waals surface area contributed by atoms with Crippen LogP contribution in [0.1, 0.15) is 34.1 Å². The van der Waals surface area contributed by atoms with Crippen LogP contribution >= 0.6 is 0 Å². The van der Waals surface area contributed by atoms with Crippen LogP contribution in [0.15, 0.2) is 24.3 Å². The summed E-state index contributed by atoms with van der Waals surface area (Å²) < 4.78 is 4.84. The number of aliphatic hydroxyl groups excluding tert-OH is 1. The Labute approximate surface area is 98.6 Å². The topological polar surface area (TPSA) is 86.7 Å². The maximum Gasteiger partial charge on any atom is 0.338 e. The third-order valence-electron chi connectivity index (χ3n) is 2.14. The normalized spacial score (nSPS) is 11.9. The monoisotopic (exact) mass is 237 g/mol. The van der Waals surface area contributed by atoms with Crippen molar-refractivity contribution in [2.75, 3.05) is 6.61 Å². The zero-order valence-electron chi connectivity index (χ0n) is 9.38. The standard InChI is InChI=1S/C12H14O5/c1-8(13)6-7-17-12(16)10-5-3-2-4-9(10)11(14)15/h2-5,8,13H,6-7H2,1H3,(H,14,15)/p-1. The molecule has 17 heavy (non-hydrogen) atoms. The number of carboxylic acids is 1. The molecule has 0 aliphatic heterocycles. The molecule has 0 radical (unpaired) electrons. The lowest BCUT2D eigenvalue weighted by Crippen LogP contribution is -2.25. The highest BCUT2D eigenvalue weighted by atomic mass is 16.5. The predicted molar refractivity (Wildman–Crippen MR) is 57.4 cm³/mol. The van der Waals surface area contributed by atoms with Crippen molar-refractivity contribution in [3.63, 3.8) is 0 Å². The van der Waals surface area contributed by atoms with Crippen molar-refractivity contribution in [3.8, 4) is 0 Å². The SMILES string of the molecule is CC(O)CCOC(=O)c1ccccc1C(=O)[O-]. The number of hydrogen-bond donors (Lipinski definition) is 1. The summed E-state index contributed by atoms with van der Waals surface area (Å²) in [6, 6.07) is 5.67. The van der Waals surface area contributed by atoms with Crippen molar-refractivity contribution in [2.24, 2.45) is 0 Å². The number of aromatic carboxylic acids is 1. The summed E-state index contributed by atoms with van der Waals surface area (Å²) in [6.45, 7) is 1.61. The highest BCUT2D eigenvalue weighted by molar-refractivity contribution is 6.01. The quantitative estimate of drug-likeness (QED) is 0.727. The van der Waals surface area contributed by atoms with Gasteiger partial charge in [0.1, 0.15) is 0 Å². The van der Waals surface area contributed by atoms with Crippen LogP contribution in [0.2, 0.25) is 0 Å². The van der Waals surface area contributed by atoms with E-state index in [9.17, 15) is 14.7 Å². The van der Waals surface area contributed by atoms with Crippen molar-refractivity contribution < 1.29 is 24.5 Å². The fourth-order valence-corrected chi connectivity index (χ4v) is 1.24. The minimum Gasteiger partial charge on any atom is -0.545 e. The van der Waals surface area contributed by atoms with E-state index in [4.69, 9.17) is 9.84 Å². The van der Waals surface area contributed by atoms with Crippen LogP contribution in [0.3, 0.4) is 0 Å². The lowest BCUT2D eigenvalue weighted by Gasteiger charge is -2.10. The van der Waals surface area contributed by atoms with Gasteiger partial charge in [-0.1, -0.05) is 18.2 Å². The molecule has 5 heteroatoms. The zero-order valence-corrected chi connectivity index (χ0v) is 9.38. The molecule has 92 valence electrons. The van der Waals surface area contributed by atoms with Gasteiger partial charge in [-0.2, -0.15) is 0 Å². The Kier molecular flexibility index (Phi) is 4.66. The number of carbonyl (C=O) groups excluding carboxylic acids is 2. The van der Waals surface area contributed by atoms with Gasteiger partial charge in [-0.05, 0) is 13.0 Å². The Balaban J connectivity index is 2.72. The van der Waals surface area contributed by atoms with Crippen LogP contribution < -0.4 is 5.11 Å². The Hall–Kier alpha value is -1.88. The van der Waals surface area contributed by atoms with E-state index in [2.05, 4.69) is 0 Å². The number of benzene rings is 1. The zero-order chi connectivity index (χ0) is 12.8. The van der Waals surface area contributed by atoms with Gasteiger partial charge in [0.25, 0.3) is 0 Å². The molecule has 1 aromatic rings. The van der Waals surface area contributed by atoms with Gasteiger partial charge in [0.15, 0.2) is 0 Å². The molecule has 1 atom stereocenters. The highest BCUT2D eigenvalue weighted by Crippen LogP contribution is 2.09. The Morgan fingerprint density at radius 1 is 1.35 bits per heavy atom. The first-order valence-electron chi connectivity index (χ1n) is 5.18. The van der Waals surface area contributed by atoms with E-state index in [0.29, 0.717) is 6.42 Å². The van der Waals surface area contributed by atoms with Crippen LogP contribution in [-0.4, -0.2) is 29.8 Å². The van der Waals surface area contributed by atoms with E-state index in [-0.39, 0.29) is 17.7 Å². The number of carbonyl (C=O) groups is 2. The van der Waals surface area contributed by atoms with Gasteiger partial charge in [0.2, 0.25) is 0 Å². The third kappa shape index (κ3) is 3.88. The largest absolute Gasteiger partial charge is 0.545 e. The van der Waals surface area contributed by atoms with Gasteiger partial charge in [-0.25, -0.2) is 4.79 Å². The molecule has 0 saturated heterocycles. The summed E-state index contributed by atoms with van der Waals surface area (Å²) in [5, 5.41) is 19.7. The Morgan fingerprint density at radius 2 is 1.94 bits per heavy atom. The van der Waals surface area contributed by atoms with Crippen LogP contribution in [0.4, 0.5) is 0 Å². The summed E-state index contributed by atoms with van der Waals surface area (Å²) in [4.78, 5) is 22.3. The molecule has 0 saturated carbocycles. The van der Waals surface area contributed by atoms with Crippen LogP contribution in [-0.2, 0) is 4.74 Å². The molecular weight excluding hydrogens is 224 g/mol. The van der Waals surface area contributed by atoms with Crippen LogP contribution in [0.5, 0.6) is 0 Å². The number of carboxylic acid groups (broad SMARTS) is 1. The number of rotatable bonds is 5. The molecule has 0 spiro atoms. The van der Waals surface area contributed by atoms with E-state index < -0.39 is 18.0 Å². The van der Waals surface area contributed by atoms with Crippen molar-refractivity contribution >= 4 is 11.9 Å².